The lowest BCUT2D eigenvalue weighted by molar-refractivity contribution is -0.138. The van der Waals surface area contributed by atoms with Crippen molar-refractivity contribution in [1.29, 1.82) is 0 Å². The number of aliphatic hydroxyl groups is 1. The first-order valence-corrected chi connectivity index (χ1v) is 11.4. The van der Waals surface area contributed by atoms with E-state index in [2.05, 4.69) is 12.1 Å². The van der Waals surface area contributed by atoms with Gasteiger partial charge < -0.3 is 14.9 Å². The number of fused-ring (bicyclic) bond motifs is 2. The van der Waals surface area contributed by atoms with E-state index in [1.54, 1.807) is 0 Å². The summed E-state index contributed by atoms with van der Waals surface area (Å²) in [6.45, 7) is 1.79. The quantitative estimate of drug-likeness (QED) is 0.801. The smallest absolute Gasteiger partial charge is 0.223 e. The van der Waals surface area contributed by atoms with Crippen molar-refractivity contribution in [3.05, 3.63) is 35.9 Å². The number of carbonyl (C=O) groups is 2. The van der Waals surface area contributed by atoms with Gasteiger partial charge in [-0.25, -0.2) is 0 Å². The normalized spacial score (nSPS) is 29.1. The van der Waals surface area contributed by atoms with Crippen molar-refractivity contribution in [2.45, 2.75) is 76.3 Å². The second-order valence-electron chi connectivity index (χ2n) is 9.23. The molecule has 2 amide bonds. The molecule has 0 aliphatic carbocycles. The molecule has 3 saturated heterocycles. The van der Waals surface area contributed by atoms with E-state index in [4.69, 9.17) is 0 Å². The molecule has 0 saturated carbocycles. The fraction of sp³-hybridized carbons (Fsp3) is 0.667. The second kappa shape index (κ2) is 8.86. The SMILES string of the molecule is O=C(CCC(=O)N1[C@H]2CC[C@@H]1[C@@](CO)(Cc1ccccc1)C2)N1CCCCCC1. The molecule has 1 aromatic rings. The van der Waals surface area contributed by atoms with Crippen LogP contribution in [-0.2, 0) is 16.0 Å². The van der Waals surface area contributed by atoms with Gasteiger partial charge in [0.25, 0.3) is 0 Å². The topological polar surface area (TPSA) is 60.9 Å². The van der Waals surface area contributed by atoms with Crippen LogP contribution in [0.2, 0.25) is 0 Å². The number of nitrogens with zero attached hydrogens (tertiary/aromatic N) is 2. The van der Waals surface area contributed by atoms with E-state index in [1.165, 1.54) is 18.4 Å². The van der Waals surface area contributed by atoms with Gasteiger partial charge in [0.1, 0.15) is 0 Å². The van der Waals surface area contributed by atoms with Crippen molar-refractivity contribution >= 4 is 11.8 Å². The molecule has 1 N–H and O–H groups in total. The molecule has 3 fully saturated rings. The monoisotopic (exact) mass is 398 g/mol. The molecular weight excluding hydrogens is 364 g/mol. The standard InChI is InChI=1S/C24H34N2O3/c27-18-24(16-19-8-4-3-5-9-19)17-20-10-11-21(24)26(20)23(29)13-12-22(28)25-14-6-1-2-7-15-25/h3-5,8-9,20-21,27H,1-2,6-7,10-18H2/t20-,21+,24-/m0/s1. The summed E-state index contributed by atoms with van der Waals surface area (Å²) in [6, 6.07) is 10.6. The largest absolute Gasteiger partial charge is 0.396 e. The van der Waals surface area contributed by atoms with Crippen LogP contribution in [0.5, 0.6) is 0 Å². The molecule has 2 bridgehead atoms. The molecule has 29 heavy (non-hydrogen) atoms. The molecule has 3 atom stereocenters. The van der Waals surface area contributed by atoms with Crippen LogP contribution in [0.3, 0.4) is 0 Å². The highest BCUT2D eigenvalue weighted by molar-refractivity contribution is 5.84. The molecule has 4 rings (SSSR count). The fourth-order valence-electron chi connectivity index (χ4n) is 5.91. The van der Waals surface area contributed by atoms with E-state index >= 15 is 0 Å². The molecule has 0 aromatic heterocycles. The first-order valence-electron chi connectivity index (χ1n) is 11.4. The van der Waals surface area contributed by atoms with Gasteiger partial charge in [-0.15, -0.1) is 0 Å². The highest BCUT2D eigenvalue weighted by Gasteiger charge is 2.56. The summed E-state index contributed by atoms with van der Waals surface area (Å²) in [5, 5.41) is 10.3. The number of hydrogen-bond donors (Lipinski definition) is 1. The number of aliphatic hydroxyl groups excluding tert-OH is 1. The van der Waals surface area contributed by atoms with Gasteiger partial charge in [0.05, 0.1) is 6.61 Å². The first kappa shape index (κ1) is 20.4. The molecule has 3 aliphatic rings. The number of carbonyl (C=O) groups excluding carboxylic acids is 2. The van der Waals surface area contributed by atoms with Gasteiger partial charge in [0, 0.05) is 43.4 Å². The summed E-state index contributed by atoms with van der Waals surface area (Å²) in [5.74, 6) is 0.230. The third kappa shape index (κ3) is 4.20. The van der Waals surface area contributed by atoms with Gasteiger partial charge in [-0.2, -0.15) is 0 Å². The van der Waals surface area contributed by atoms with E-state index in [1.807, 2.05) is 28.0 Å². The van der Waals surface area contributed by atoms with E-state index in [0.717, 1.165) is 51.6 Å². The highest BCUT2D eigenvalue weighted by Crippen LogP contribution is 2.51. The van der Waals surface area contributed by atoms with Crippen LogP contribution in [0.25, 0.3) is 0 Å². The Morgan fingerprint density at radius 3 is 2.34 bits per heavy atom. The van der Waals surface area contributed by atoms with E-state index < -0.39 is 0 Å². The number of hydrogen-bond acceptors (Lipinski definition) is 3. The van der Waals surface area contributed by atoms with Gasteiger partial charge >= 0.3 is 0 Å². The summed E-state index contributed by atoms with van der Waals surface area (Å²) in [6.07, 6.45) is 8.83. The predicted molar refractivity (Wildman–Crippen MR) is 112 cm³/mol. The van der Waals surface area contributed by atoms with Crippen molar-refractivity contribution in [3.63, 3.8) is 0 Å². The molecule has 0 spiro atoms. The minimum absolute atomic E-state index is 0.0958. The van der Waals surface area contributed by atoms with Gasteiger partial charge in [-0.1, -0.05) is 43.2 Å². The Bertz CT molecular complexity index is 714. The van der Waals surface area contributed by atoms with Gasteiger partial charge in [-0.3, -0.25) is 9.59 Å². The maximum absolute atomic E-state index is 13.1. The zero-order valence-corrected chi connectivity index (χ0v) is 17.4. The van der Waals surface area contributed by atoms with Gasteiger partial charge in [0.2, 0.25) is 11.8 Å². The zero-order chi connectivity index (χ0) is 20.3. The molecule has 5 nitrogen and oxygen atoms in total. The predicted octanol–water partition coefficient (Wildman–Crippen LogP) is 3.15. The molecule has 158 valence electrons. The van der Waals surface area contributed by atoms with E-state index in [-0.39, 0.29) is 35.9 Å². The number of benzene rings is 1. The Morgan fingerprint density at radius 1 is 0.966 bits per heavy atom. The Balaban J connectivity index is 1.38. The molecule has 3 heterocycles. The lowest BCUT2D eigenvalue weighted by Crippen LogP contribution is -2.44. The average molecular weight is 399 g/mol. The van der Waals surface area contributed by atoms with Crippen LogP contribution in [0.1, 0.15) is 63.4 Å². The molecule has 0 radical (unpaired) electrons. The summed E-state index contributed by atoms with van der Waals surface area (Å²) in [7, 11) is 0. The Labute approximate surface area is 174 Å². The maximum atomic E-state index is 13.1. The summed E-state index contributed by atoms with van der Waals surface area (Å²) >= 11 is 0. The number of rotatable bonds is 6. The van der Waals surface area contributed by atoms with E-state index in [0.29, 0.717) is 12.8 Å². The first-order chi connectivity index (χ1) is 14.1. The van der Waals surface area contributed by atoms with Crippen molar-refractivity contribution in [3.8, 4) is 0 Å². The second-order valence-corrected chi connectivity index (χ2v) is 9.23. The average Bonchev–Trinajstić information content (AvgIpc) is 3.15. The fourth-order valence-corrected chi connectivity index (χ4v) is 5.91. The van der Waals surface area contributed by atoms with Crippen LogP contribution in [0.4, 0.5) is 0 Å². The number of likely N-dealkylation sites (tertiary alicyclic amines) is 1. The summed E-state index contributed by atoms with van der Waals surface area (Å²) in [4.78, 5) is 29.7. The highest BCUT2D eigenvalue weighted by atomic mass is 16.3. The van der Waals surface area contributed by atoms with Crippen molar-refractivity contribution in [2.75, 3.05) is 19.7 Å². The molecule has 3 aliphatic heterocycles. The van der Waals surface area contributed by atoms with Crippen LogP contribution >= 0.6 is 0 Å². The lowest BCUT2D eigenvalue weighted by Gasteiger charge is -2.36. The Hall–Kier alpha value is -1.88. The van der Waals surface area contributed by atoms with Crippen molar-refractivity contribution in [1.82, 2.24) is 9.80 Å². The minimum atomic E-state index is -0.241. The van der Waals surface area contributed by atoms with Crippen molar-refractivity contribution < 1.29 is 14.7 Å². The van der Waals surface area contributed by atoms with Crippen LogP contribution in [0.15, 0.2) is 30.3 Å². The van der Waals surface area contributed by atoms with E-state index in [9.17, 15) is 14.7 Å². The van der Waals surface area contributed by atoms with Crippen molar-refractivity contribution in [2.24, 2.45) is 5.41 Å². The minimum Gasteiger partial charge on any atom is -0.396 e. The maximum Gasteiger partial charge on any atom is 0.223 e. The third-order valence-electron chi connectivity index (χ3n) is 7.36. The lowest BCUT2D eigenvalue weighted by atomic mass is 9.70. The van der Waals surface area contributed by atoms with Crippen LogP contribution in [-0.4, -0.2) is 58.5 Å². The summed E-state index contributed by atoms with van der Waals surface area (Å²) in [5.41, 5.74) is 0.979. The van der Waals surface area contributed by atoms with Gasteiger partial charge in [-0.05, 0) is 44.1 Å². The number of amides is 2. The third-order valence-corrected chi connectivity index (χ3v) is 7.36. The Kier molecular flexibility index (Phi) is 6.23. The molecule has 0 unspecified atom stereocenters. The summed E-state index contributed by atoms with van der Waals surface area (Å²) < 4.78 is 0. The van der Waals surface area contributed by atoms with Crippen LogP contribution in [0, 0.1) is 5.41 Å². The van der Waals surface area contributed by atoms with Crippen LogP contribution < -0.4 is 0 Å². The van der Waals surface area contributed by atoms with Gasteiger partial charge in [0.15, 0.2) is 0 Å². The molecule has 5 heteroatoms. The molecular formula is C24H34N2O3. The zero-order valence-electron chi connectivity index (χ0n) is 17.4. The molecule has 1 aromatic carbocycles. The Morgan fingerprint density at radius 2 is 1.66 bits per heavy atom.